The number of benzene rings is 1. The molecule has 0 spiro atoms. The minimum atomic E-state index is 0.577. The van der Waals surface area contributed by atoms with Crippen LogP contribution in [0, 0.1) is 0 Å². The van der Waals surface area contributed by atoms with E-state index in [4.69, 9.17) is 0 Å². The van der Waals surface area contributed by atoms with Crippen LogP contribution >= 0.6 is 0 Å². The van der Waals surface area contributed by atoms with Gasteiger partial charge in [0, 0.05) is 0 Å². The minimum Gasteiger partial charge on any atom is -0.0955 e. The monoisotopic (exact) mass is 188 g/mol. The average Bonchev–Trinajstić information content (AvgIpc) is 2.16. The number of hydrogen-bond donors (Lipinski definition) is 0. The lowest BCUT2D eigenvalue weighted by atomic mass is 9.89. The van der Waals surface area contributed by atoms with Gasteiger partial charge in [0.25, 0.3) is 0 Å². The summed E-state index contributed by atoms with van der Waals surface area (Å²) in [7, 11) is 0. The topological polar surface area (TPSA) is 0 Å². The summed E-state index contributed by atoms with van der Waals surface area (Å²) >= 11 is 0. The second-order valence-electron chi connectivity index (χ2n) is 4.17. The fourth-order valence-electron chi connectivity index (χ4n) is 1.92. The molecule has 0 atom stereocenters. The zero-order chi connectivity index (χ0) is 10.7. The first-order valence-corrected chi connectivity index (χ1v) is 5.35. The SMILES string of the molecule is C=C(C)c1c(CC)cccc1C(C)C. The van der Waals surface area contributed by atoms with E-state index < -0.39 is 0 Å². The van der Waals surface area contributed by atoms with Gasteiger partial charge in [-0.1, -0.05) is 51.1 Å². The van der Waals surface area contributed by atoms with Crippen molar-refractivity contribution in [1.82, 2.24) is 0 Å². The molecule has 1 rings (SSSR count). The van der Waals surface area contributed by atoms with Crippen LogP contribution in [0.15, 0.2) is 24.8 Å². The number of rotatable bonds is 3. The van der Waals surface area contributed by atoms with Gasteiger partial charge in [-0.2, -0.15) is 0 Å². The van der Waals surface area contributed by atoms with Crippen LogP contribution in [0.25, 0.3) is 5.57 Å². The lowest BCUT2D eigenvalue weighted by molar-refractivity contribution is 0.857. The average molecular weight is 188 g/mol. The molecule has 0 heteroatoms. The highest BCUT2D eigenvalue weighted by Crippen LogP contribution is 2.28. The molecule has 0 amide bonds. The quantitative estimate of drug-likeness (QED) is 0.659. The molecule has 0 unspecified atom stereocenters. The molecule has 0 aromatic heterocycles. The van der Waals surface area contributed by atoms with Crippen molar-refractivity contribution in [3.63, 3.8) is 0 Å². The maximum atomic E-state index is 4.08. The third-order valence-electron chi connectivity index (χ3n) is 2.61. The molecule has 0 aliphatic carbocycles. The normalized spacial score (nSPS) is 10.6. The van der Waals surface area contributed by atoms with E-state index in [1.165, 1.54) is 22.3 Å². The summed E-state index contributed by atoms with van der Waals surface area (Å²) in [5.41, 5.74) is 5.41. The lowest BCUT2D eigenvalue weighted by Crippen LogP contribution is -1.98. The van der Waals surface area contributed by atoms with Gasteiger partial charge in [0.15, 0.2) is 0 Å². The summed E-state index contributed by atoms with van der Waals surface area (Å²) in [6, 6.07) is 6.57. The summed E-state index contributed by atoms with van der Waals surface area (Å²) in [6.07, 6.45) is 1.09. The van der Waals surface area contributed by atoms with Gasteiger partial charge < -0.3 is 0 Å². The van der Waals surface area contributed by atoms with E-state index in [0.29, 0.717) is 5.92 Å². The van der Waals surface area contributed by atoms with Crippen molar-refractivity contribution >= 4 is 5.57 Å². The van der Waals surface area contributed by atoms with E-state index in [1.807, 2.05) is 0 Å². The maximum absolute atomic E-state index is 4.08. The number of hydrogen-bond acceptors (Lipinski definition) is 0. The Balaban J connectivity index is 3.35. The molecule has 0 heterocycles. The number of aryl methyl sites for hydroxylation is 1. The van der Waals surface area contributed by atoms with Crippen molar-refractivity contribution in [1.29, 1.82) is 0 Å². The molecule has 0 aliphatic rings. The Hall–Kier alpha value is -1.04. The van der Waals surface area contributed by atoms with Gasteiger partial charge in [-0.05, 0) is 36.0 Å². The summed E-state index contributed by atoms with van der Waals surface area (Å²) in [6.45, 7) is 12.8. The van der Waals surface area contributed by atoms with Gasteiger partial charge in [-0.15, -0.1) is 0 Å². The van der Waals surface area contributed by atoms with Crippen molar-refractivity contribution in [2.45, 2.75) is 40.0 Å². The van der Waals surface area contributed by atoms with Crippen LogP contribution < -0.4 is 0 Å². The van der Waals surface area contributed by atoms with E-state index in [-0.39, 0.29) is 0 Å². The molecule has 0 bridgehead atoms. The van der Waals surface area contributed by atoms with Crippen molar-refractivity contribution < 1.29 is 0 Å². The molecular weight excluding hydrogens is 168 g/mol. The second kappa shape index (κ2) is 4.45. The Kier molecular flexibility index (Phi) is 3.51. The van der Waals surface area contributed by atoms with Crippen LogP contribution in [0.1, 0.15) is 50.3 Å². The summed E-state index contributed by atoms with van der Waals surface area (Å²) < 4.78 is 0. The molecular formula is C14H20. The second-order valence-corrected chi connectivity index (χ2v) is 4.17. The van der Waals surface area contributed by atoms with E-state index in [9.17, 15) is 0 Å². The highest BCUT2D eigenvalue weighted by Gasteiger charge is 2.10. The molecule has 0 radical (unpaired) electrons. The maximum Gasteiger partial charge on any atom is -0.0166 e. The van der Waals surface area contributed by atoms with E-state index >= 15 is 0 Å². The molecule has 0 N–H and O–H groups in total. The van der Waals surface area contributed by atoms with Crippen LogP contribution in [0.4, 0.5) is 0 Å². The number of allylic oxidation sites excluding steroid dienone is 1. The van der Waals surface area contributed by atoms with Gasteiger partial charge in [0.1, 0.15) is 0 Å². The first-order chi connectivity index (χ1) is 6.57. The van der Waals surface area contributed by atoms with Crippen LogP contribution in [0.3, 0.4) is 0 Å². The van der Waals surface area contributed by atoms with Gasteiger partial charge in [-0.25, -0.2) is 0 Å². The summed E-state index contributed by atoms with van der Waals surface area (Å²) in [5.74, 6) is 0.577. The standard InChI is InChI=1S/C14H20/c1-6-12-8-7-9-13(10(2)3)14(12)11(4)5/h7-10H,4,6H2,1-3,5H3. The molecule has 1 aromatic carbocycles. The van der Waals surface area contributed by atoms with Crippen LogP contribution in [-0.4, -0.2) is 0 Å². The highest BCUT2D eigenvalue weighted by atomic mass is 14.1. The predicted molar refractivity (Wildman–Crippen MR) is 64.6 cm³/mol. The van der Waals surface area contributed by atoms with E-state index in [2.05, 4.69) is 52.5 Å². The molecule has 0 aliphatic heterocycles. The van der Waals surface area contributed by atoms with Crippen LogP contribution in [0.5, 0.6) is 0 Å². The molecule has 0 fully saturated rings. The Labute approximate surface area is 87.7 Å². The Bertz CT molecular complexity index is 332. The summed E-state index contributed by atoms with van der Waals surface area (Å²) in [4.78, 5) is 0. The third-order valence-corrected chi connectivity index (χ3v) is 2.61. The fourth-order valence-corrected chi connectivity index (χ4v) is 1.92. The molecule has 14 heavy (non-hydrogen) atoms. The van der Waals surface area contributed by atoms with Crippen molar-refractivity contribution in [3.8, 4) is 0 Å². The molecule has 76 valence electrons. The first-order valence-electron chi connectivity index (χ1n) is 5.35. The first kappa shape index (κ1) is 11.0. The summed E-state index contributed by atoms with van der Waals surface area (Å²) in [5, 5.41) is 0. The van der Waals surface area contributed by atoms with Crippen LogP contribution in [0.2, 0.25) is 0 Å². The zero-order valence-electron chi connectivity index (χ0n) is 9.72. The van der Waals surface area contributed by atoms with Gasteiger partial charge >= 0.3 is 0 Å². The molecule has 1 aromatic rings. The third kappa shape index (κ3) is 2.06. The molecule has 0 saturated heterocycles. The minimum absolute atomic E-state index is 0.577. The smallest absolute Gasteiger partial charge is 0.0166 e. The van der Waals surface area contributed by atoms with Crippen molar-refractivity contribution in [3.05, 3.63) is 41.5 Å². The molecule has 0 saturated carbocycles. The molecule has 0 nitrogen and oxygen atoms in total. The fraction of sp³-hybridized carbons (Fsp3) is 0.429. The predicted octanol–water partition coefficient (Wildman–Crippen LogP) is 4.41. The van der Waals surface area contributed by atoms with E-state index in [0.717, 1.165) is 6.42 Å². The Morgan fingerprint density at radius 3 is 2.43 bits per heavy atom. The largest absolute Gasteiger partial charge is 0.0955 e. The van der Waals surface area contributed by atoms with E-state index in [1.54, 1.807) is 0 Å². The zero-order valence-corrected chi connectivity index (χ0v) is 9.72. The van der Waals surface area contributed by atoms with Gasteiger partial charge in [0.05, 0.1) is 0 Å². The Morgan fingerprint density at radius 2 is 2.00 bits per heavy atom. The Morgan fingerprint density at radius 1 is 1.36 bits per heavy atom. The van der Waals surface area contributed by atoms with Gasteiger partial charge in [0.2, 0.25) is 0 Å². The van der Waals surface area contributed by atoms with Crippen molar-refractivity contribution in [2.24, 2.45) is 0 Å². The van der Waals surface area contributed by atoms with Crippen molar-refractivity contribution in [2.75, 3.05) is 0 Å². The highest BCUT2D eigenvalue weighted by molar-refractivity contribution is 5.68. The lowest BCUT2D eigenvalue weighted by Gasteiger charge is -2.16. The van der Waals surface area contributed by atoms with Crippen LogP contribution in [-0.2, 0) is 6.42 Å². The van der Waals surface area contributed by atoms with Gasteiger partial charge in [-0.3, -0.25) is 0 Å².